The predicted octanol–water partition coefficient (Wildman–Crippen LogP) is 6.50. The number of carbonyl (C=O) groups is 2. The molecule has 0 aliphatic rings. The van der Waals surface area contributed by atoms with Crippen LogP contribution in [0.2, 0.25) is 0 Å². The topological polar surface area (TPSA) is 108 Å². The molecule has 1 aromatic heterocycles. The highest BCUT2D eigenvalue weighted by Gasteiger charge is 2.40. The Bertz CT molecular complexity index is 1060. The fourth-order valence-electron chi connectivity index (χ4n) is 4.97. The Morgan fingerprint density at radius 1 is 1.19 bits per heavy atom. The molecule has 6 nitrogen and oxygen atoms in total. The summed E-state index contributed by atoms with van der Waals surface area (Å²) in [4.78, 5) is 28.9. The van der Waals surface area contributed by atoms with E-state index in [1.165, 1.54) is 15.8 Å². The number of hydrogen-bond donors (Lipinski definition) is 3. The van der Waals surface area contributed by atoms with Crippen molar-refractivity contribution in [1.82, 2.24) is 4.98 Å². The van der Waals surface area contributed by atoms with E-state index in [1.54, 1.807) is 25.2 Å². The molecule has 0 amide bonds. The van der Waals surface area contributed by atoms with Gasteiger partial charge in [-0.05, 0) is 82.4 Å². The van der Waals surface area contributed by atoms with Crippen LogP contribution in [-0.2, 0) is 16.0 Å². The van der Waals surface area contributed by atoms with Crippen LogP contribution in [0.1, 0.15) is 89.6 Å². The van der Waals surface area contributed by atoms with Crippen molar-refractivity contribution < 1.29 is 24.9 Å². The first-order valence-electron chi connectivity index (χ1n) is 13.5. The van der Waals surface area contributed by atoms with E-state index < -0.39 is 23.9 Å². The van der Waals surface area contributed by atoms with Crippen LogP contribution in [0.15, 0.2) is 29.8 Å². The molecule has 1 heterocycles. The molecule has 206 valence electrons. The number of aliphatic carboxylic acids is 1. The lowest BCUT2D eigenvalue weighted by Crippen LogP contribution is -2.42. The number of Topliss-reactive ketones (excluding diaryl/α,β-unsaturated/α-hetero) is 1. The van der Waals surface area contributed by atoms with Gasteiger partial charge in [-0.1, -0.05) is 44.9 Å². The number of nitrogens with zero attached hydrogens (tertiary/aromatic N) is 1. The second kappa shape index (κ2) is 14.7. The number of benzene rings is 1. The molecule has 3 atom stereocenters. The van der Waals surface area contributed by atoms with Crippen LogP contribution in [0.25, 0.3) is 10.2 Å². The molecule has 2 aromatic rings. The summed E-state index contributed by atoms with van der Waals surface area (Å²) >= 11 is 1.73. The molecule has 0 spiro atoms. The lowest BCUT2D eigenvalue weighted by molar-refractivity contribution is -0.145. The van der Waals surface area contributed by atoms with Gasteiger partial charge in [0.15, 0.2) is 0 Å². The summed E-state index contributed by atoms with van der Waals surface area (Å²) < 4.78 is 1.24. The molecular formula is C30H45NO5S. The second-order valence-electron chi connectivity index (χ2n) is 11.1. The number of carboxylic acids is 1. The van der Waals surface area contributed by atoms with E-state index >= 15 is 0 Å². The van der Waals surface area contributed by atoms with Crippen LogP contribution in [0.5, 0.6) is 0 Å². The first-order valence-corrected chi connectivity index (χ1v) is 14.3. The summed E-state index contributed by atoms with van der Waals surface area (Å²) in [5.41, 5.74) is 2.64. The van der Waals surface area contributed by atoms with E-state index in [4.69, 9.17) is 5.11 Å². The molecule has 3 N–H and O–H groups in total. The average molecular weight is 532 g/mol. The number of aromatic nitrogens is 1. The monoisotopic (exact) mass is 531 g/mol. The van der Waals surface area contributed by atoms with Crippen molar-refractivity contribution in [3.63, 3.8) is 0 Å². The van der Waals surface area contributed by atoms with E-state index in [9.17, 15) is 19.8 Å². The number of carboxylic acid groups (broad SMARTS) is 1. The van der Waals surface area contributed by atoms with Crippen molar-refractivity contribution in [1.29, 1.82) is 0 Å². The van der Waals surface area contributed by atoms with E-state index in [0.29, 0.717) is 25.2 Å². The van der Waals surface area contributed by atoms with Crippen LogP contribution in [0, 0.1) is 24.2 Å². The van der Waals surface area contributed by atoms with Crippen LogP contribution < -0.4 is 0 Å². The molecule has 0 radical (unpaired) electrons. The number of carbonyl (C=O) groups excluding carboxylic acids is 1. The third-order valence-corrected chi connectivity index (χ3v) is 8.31. The number of ketones is 1. The summed E-state index contributed by atoms with van der Waals surface area (Å²) in [6, 6.07) is 6.56. The van der Waals surface area contributed by atoms with E-state index in [2.05, 4.69) is 43.1 Å². The molecule has 0 fully saturated rings. The molecular weight excluding hydrogens is 486 g/mol. The van der Waals surface area contributed by atoms with Crippen molar-refractivity contribution in [3.05, 3.63) is 40.4 Å². The number of allylic oxidation sites excluding steroid dienone is 2. The maximum atomic E-state index is 13.3. The number of aryl methyl sites for hydroxylation is 2. The molecule has 7 heteroatoms. The number of rotatable bonds is 17. The molecule has 0 bridgehead atoms. The van der Waals surface area contributed by atoms with Crippen molar-refractivity contribution in [2.24, 2.45) is 17.3 Å². The minimum Gasteiger partial charge on any atom is -0.481 e. The summed E-state index contributed by atoms with van der Waals surface area (Å²) in [5.74, 6) is -1.20. The van der Waals surface area contributed by atoms with Crippen molar-refractivity contribution >= 4 is 33.3 Å². The Labute approximate surface area is 225 Å². The number of fused-ring (bicyclic) bond motifs is 1. The summed E-state index contributed by atoms with van der Waals surface area (Å²) in [6.07, 6.45) is 7.44. The third kappa shape index (κ3) is 9.95. The van der Waals surface area contributed by atoms with Gasteiger partial charge in [-0.3, -0.25) is 9.59 Å². The number of aliphatic hydroxyl groups is 2. The maximum absolute atomic E-state index is 13.3. The van der Waals surface area contributed by atoms with Gasteiger partial charge < -0.3 is 15.3 Å². The van der Waals surface area contributed by atoms with E-state index in [1.807, 2.05) is 6.92 Å². The van der Waals surface area contributed by atoms with Crippen molar-refractivity contribution in [2.45, 2.75) is 98.5 Å². The smallest absolute Gasteiger partial charge is 0.306 e. The molecule has 0 aliphatic heterocycles. The van der Waals surface area contributed by atoms with Crippen molar-refractivity contribution in [2.75, 3.05) is 6.61 Å². The maximum Gasteiger partial charge on any atom is 0.306 e. The Hall–Kier alpha value is -2.09. The van der Waals surface area contributed by atoms with Crippen LogP contribution >= 0.6 is 11.3 Å². The highest BCUT2D eigenvalue weighted by Crippen LogP contribution is 2.33. The van der Waals surface area contributed by atoms with Gasteiger partial charge in [0, 0.05) is 12.5 Å². The average Bonchev–Trinajstić information content (AvgIpc) is 3.20. The fraction of sp³-hybridized carbons (Fsp3) is 0.633. The number of thiazole rings is 1. The predicted molar refractivity (Wildman–Crippen MR) is 151 cm³/mol. The van der Waals surface area contributed by atoms with E-state index in [0.717, 1.165) is 42.6 Å². The SMILES string of the molecule is C/C(=C/CCc1ccc2sc(C)nc2c1)CCC[C@H](C)C[C@@H](CCCO)C(=O)C(C)(C)[C@@H](O)CC(=O)O. The number of aliphatic hydroxyl groups excluding tert-OH is 2. The minimum absolute atomic E-state index is 0.0114. The van der Waals surface area contributed by atoms with Crippen LogP contribution in [0.3, 0.4) is 0 Å². The summed E-state index contributed by atoms with van der Waals surface area (Å²) in [7, 11) is 0. The van der Waals surface area contributed by atoms with Crippen LogP contribution in [0.4, 0.5) is 0 Å². The normalized spacial score (nSPS) is 15.1. The van der Waals surface area contributed by atoms with Gasteiger partial charge >= 0.3 is 5.97 Å². The first kappa shape index (κ1) is 31.1. The first-order chi connectivity index (χ1) is 17.4. The third-order valence-electron chi connectivity index (χ3n) is 7.36. The van der Waals surface area contributed by atoms with Gasteiger partial charge in [0.05, 0.1) is 33.2 Å². The molecule has 2 rings (SSSR count). The fourth-order valence-corrected chi connectivity index (χ4v) is 5.78. The Balaban J connectivity index is 1.83. The highest BCUT2D eigenvalue weighted by molar-refractivity contribution is 7.18. The van der Waals surface area contributed by atoms with Gasteiger partial charge in [0.25, 0.3) is 0 Å². The Morgan fingerprint density at radius 3 is 2.59 bits per heavy atom. The zero-order valence-corrected chi connectivity index (χ0v) is 23.9. The lowest BCUT2D eigenvalue weighted by atomic mass is 9.72. The van der Waals surface area contributed by atoms with Crippen LogP contribution in [-0.4, -0.2) is 44.8 Å². The van der Waals surface area contributed by atoms with Gasteiger partial charge in [0.1, 0.15) is 5.78 Å². The quantitative estimate of drug-likeness (QED) is 0.201. The summed E-state index contributed by atoms with van der Waals surface area (Å²) in [5, 5.41) is 29.8. The molecule has 0 aliphatic carbocycles. The second-order valence-corrected chi connectivity index (χ2v) is 12.4. The molecule has 0 unspecified atom stereocenters. The van der Waals surface area contributed by atoms with Gasteiger partial charge in [-0.2, -0.15) is 0 Å². The Morgan fingerprint density at radius 2 is 1.92 bits per heavy atom. The van der Waals surface area contributed by atoms with Gasteiger partial charge in [0.2, 0.25) is 0 Å². The molecule has 1 aromatic carbocycles. The van der Waals surface area contributed by atoms with E-state index in [-0.39, 0.29) is 18.3 Å². The number of hydrogen-bond acceptors (Lipinski definition) is 6. The molecule has 0 saturated carbocycles. The standard InChI is InChI=1S/C30H45NO5S/c1-20(10-7-12-23-14-15-26-25(18-23)31-22(3)37-26)9-6-11-21(2)17-24(13-8-16-32)29(36)30(4,5)27(33)19-28(34)35/h10,14-15,18,21,24,27,32-33H,6-9,11-13,16-17,19H2,1-5H3,(H,34,35)/b20-10-/t21-,24+,27-/m0/s1. The van der Waals surface area contributed by atoms with Gasteiger partial charge in [-0.25, -0.2) is 4.98 Å². The van der Waals surface area contributed by atoms with Gasteiger partial charge in [-0.15, -0.1) is 11.3 Å². The largest absolute Gasteiger partial charge is 0.481 e. The molecule has 0 saturated heterocycles. The summed E-state index contributed by atoms with van der Waals surface area (Å²) in [6.45, 7) is 9.63. The minimum atomic E-state index is -1.23. The molecule has 37 heavy (non-hydrogen) atoms. The highest BCUT2D eigenvalue weighted by atomic mass is 32.1. The zero-order chi connectivity index (χ0) is 27.6. The Kier molecular flexibility index (Phi) is 12.4. The zero-order valence-electron chi connectivity index (χ0n) is 23.1. The van der Waals surface area contributed by atoms with Crippen molar-refractivity contribution in [3.8, 4) is 0 Å². The lowest BCUT2D eigenvalue weighted by Gasteiger charge is -2.33.